The minimum Gasteiger partial charge on any atom is -0.444 e. The van der Waals surface area contributed by atoms with E-state index >= 15 is 0 Å². The number of rotatable bonds is 4. The number of alkyl carbamates (subject to hydrolysis) is 1. The summed E-state index contributed by atoms with van der Waals surface area (Å²) in [6, 6.07) is -1.51. The fourth-order valence-corrected chi connectivity index (χ4v) is 5.55. The van der Waals surface area contributed by atoms with Gasteiger partial charge in [-0.05, 0) is 58.3 Å². The number of ether oxygens (including phenoxy) is 1. The number of halogens is 2. The number of likely N-dealkylation sites (tertiary alicyclic amines) is 2. The molecule has 9 heteroatoms. The van der Waals surface area contributed by atoms with E-state index in [2.05, 4.69) is 5.32 Å². The molecule has 4 fully saturated rings. The van der Waals surface area contributed by atoms with Gasteiger partial charge in [0.2, 0.25) is 11.8 Å². The van der Waals surface area contributed by atoms with Crippen molar-refractivity contribution in [2.24, 2.45) is 11.8 Å². The second-order valence-electron chi connectivity index (χ2n) is 10.9. The molecule has 3 amide bonds. The molecule has 0 aromatic heterocycles. The number of nitrogens with zero attached hydrogens (tertiary/aromatic N) is 2. The van der Waals surface area contributed by atoms with Crippen LogP contribution in [0.2, 0.25) is 0 Å². The van der Waals surface area contributed by atoms with E-state index in [1.807, 2.05) is 0 Å². The van der Waals surface area contributed by atoms with Gasteiger partial charge in [0.15, 0.2) is 12.3 Å². The SMILES string of the molecule is CC(C)(C)OC(=O)N[C@@H](C(=O)N1[C@H](C(=O)N2C[C@@H](F)[C@H](F)C2)C[C@H]2C[C@@H]21)C1CCCCC1. The summed E-state index contributed by atoms with van der Waals surface area (Å²) in [7, 11) is 0. The number of fused-ring (bicyclic) bond motifs is 1. The summed E-state index contributed by atoms with van der Waals surface area (Å²) in [5.41, 5.74) is -0.695. The van der Waals surface area contributed by atoms with Crippen molar-refractivity contribution < 1.29 is 27.9 Å². The maximum absolute atomic E-state index is 13.8. The van der Waals surface area contributed by atoms with E-state index in [1.165, 1.54) is 4.90 Å². The van der Waals surface area contributed by atoms with Gasteiger partial charge in [0.1, 0.15) is 17.7 Å². The van der Waals surface area contributed by atoms with Crippen LogP contribution in [-0.4, -0.2) is 76.9 Å². The summed E-state index contributed by atoms with van der Waals surface area (Å²) in [6.07, 6.45) is 2.08. The van der Waals surface area contributed by atoms with Crippen LogP contribution in [0.25, 0.3) is 0 Å². The van der Waals surface area contributed by atoms with Crippen LogP contribution >= 0.6 is 0 Å². The molecule has 0 unspecified atom stereocenters. The highest BCUT2D eigenvalue weighted by Gasteiger charge is 2.58. The summed E-state index contributed by atoms with van der Waals surface area (Å²) in [4.78, 5) is 42.3. The van der Waals surface area contributed by atoms with E-state index in [9.17, 15) is 23.2 Å². The number of hydrogen-bond donors (Lipinski definition) is 1. The maximum Gasteiger partial charge on any atom is 0.408 e. The van der Waals surface area contributed by atoms with Crippen molar-refractivity contribution in [3.05, 3.63) is 0 Å². The average Bonchev–Trinajstić information content (AvgIpc) is 3.26. The van der Waals surface area contributed by atoms with Crippen LogP contribution in [0.1, 0.15) is 65.7 Å². The van der Waals surface area contributed by atoms with Crippen LogP contribution in [0.15, 0.2) is 0 Å². The van der Waals surface area contributed by atoms with E-state index in [-0.39, 0.29) is 42.8 Å². The Labute approximate surface area is 188 Å². The van der Waals surface area contributed by atoms with Gasteiger partial charge in [-0.3, -0.25) is 9.59 Å². The molecular formula is C23H35F2N3O4. The van der Waals surface area contributed by atoms with Gasteiger partial charge in [-0.25, -0.2) is 13.6 Å². The van der Waals surface area contributed by atoms with Crippen LogP contribution < -0.4 is 5.32 Å². The third kappa shape index (κ3) is 4.86. The Kier molecular flexibility index (Phi) is 6.38. The van der Waals surface area contributed by atoms with Gasteiger partial charge in [-0.2, -0.15) is 0 Å². The number of piperidine rings is 1. The Balaban J connectivity index is 1.51. The summed E-state index contributed by atoms with van der Waals surface area (Å²) in [5, 5.41) is 2.80. The van der Waals surface area contributed by atoms with Crippen molar-refractivity contribution in [3.8, 4) is 0 Å². The number of nitrogens with one attached hydrogen (secondary N) is 1. The molecule has 6 atom stereocenters. The Bertz CT molecular complexity index is 742. The first-order valence-electron chi connectivity index (χ1n) is 11.9. The van der Waals surface area contributed by atoms with Crippen LogP contribution in [0.5, 0.6) is 0 Å². The van der Waals surface area contributed by atoms with E-state index in [0.717, 1.165) is 38.5 Å². The maximum atomic E-state index is 13.8. The lowest BCUT2D eigenvalue weighted by molar-refractivity contribution is -0.146. The molecule has 0 spiro atoms. The van der Waals surface area contributed by atoms with E-state index < -0.39 is 36.1 Å². The molecular weight excluding hydrogens is 420 g/mol. The summed E-state index contributed by atoms with van der Waals surface area (Å²) in [5.74, 6) is -0.423. The van der Waals surface area contributed by atoms with Crippen LogP contribution in [0, 0.1) is 11.8 Å². The Hall–Kier alpha value is -1.93. The smallest absolute Gasteiger partial charge is 0.408 e. The number of carbonyl (C=O) groups excluding carboxylic acids is 3. The van der Waals surface area contributed by atoms with Crippen LogP contribution in [0.4, 0.5) is 13.6 Å². The molecule has 2 aliphatic heterocycles. The molecule has 1 N–H and O–H groups in total. The Morgan fingerprint density at radius 1 is 1.00 bits per heavy atom. The fraction of sp³-hybridized carbons (Fsp3) is 0.870. The molecule has 180 valence electrons. The van der Waals surface area contributed by atoms with Crippen molar-refractivity contribution in [1.82, 2.24) is 15.1 Å². The van der Waals surface area contributed by atoms with Gasteiger partial charge < -0.3 is 19.9 Å². The molecule has 2 saturated heterocycles. The molecule has 4 rings (SSSR count). The predicted octanol–water partition coefficient (Wildman–Crippen LogP) is 2.97. The van der Waals surface area contributed by atoms with Crippen molar-refractivity contribution in [1.29, 1.82) is 0 Å². The molecule has 2 aliphatic carbocycles. The number of amides is 3. The van der Waals surface area contributed by atoms with Crippen molar-refractivity contribution in [2.45, 2.75) is 102 Å². The normalized spacial score (nSPS) is 33.6. The lowest BCUT2D eigenvalue weighted by atomic mass is 9.83. The molecule has 0 radical (unpaired) electrons. The summed E-state index contributed by atoms with van der Waals surface area (Å²) in [6.45, 7) is 4.76. The van der Waals surface area contributed by atoms with Crippen molar-refractivity contribution >= 4 is 17.9 Å². The van der Waals surface area contributed by atoms with Gasteiger partial charge >= 0.3 is 6.09 Å². The zero-order valence-corrected chi connectivity index (χ0v) is 19.2. The highest BCUT2D eigenvalue weighted by atomic mass is 19.2. The number of hydrogen-bond acceptors (Lipinski definition) is 4. The molecule has 32 heavy (non-hydrogen) atoms. The van der Waals surface area contributed by atoms with Gasteiger partial charge in [0, 0.05) is 6.04 Å². The minimum atomic E-state index is -1.68. The third-order valence-corrected chi connectivity index (χ3v) is 7.20. The van der Waals surface area contributed by atoms with Crippen LogP contribution in [0.3, 0.4) is 0 Å². The van der Waals surface area contributed by atoms with Gasteiger partial charge in [0.05, 0.1) is 13.1 Å². The lowest BCUT2D eigenvalue weighted by Gasteiger charge is -2.36. The summed E-state index contributed by atoms with van der Waals surface area (Å²) >= 11 is 0. The third-order valence-electron chi connectivity index (χ3n) is 7.20. The molecule has 0 aromatic rings. The standard InChI is InChI=1S/C23H35F2N3O4/c1-23(2,3)32-22(31)26-19(13-7-5-4-6-8-13)21(30)28-17-9-14(17)10-18(28)20(29)27-11-15(24)16(25)12-27/h13-19H,4-12H2,1-3H3,(H,26,31)/t14-,15-,16-,17+,18+,19-/m1/s1. The number of carbonyl (C=O) groups is 3. The quantitative estimate of drug-likeness (QED) is 0.707. The molecule has 0 bridgehead atoms. The first-order valence-corrected chi connectivity index (χ1v) is 11.9. The monoisotopic (exact) mass is 455 g/mol. The lowest BCUT2D eigenvalue weighted by Crippen LogP contribution is -2.58. The van der Waals surface area contributed by atoms with Crippen molar-refractivity contribution in [3.63, 3.8) is 0 Å². The molecule has 2 heterocycles. The van der Waals surface area contributed by atoms with Gasteiger partial charge in [-0.1, -0.05) is 19.3 Å². The first kappa shape index (κ1) is 23.2. The van der Waals surface area contributed by atoms with Gasteiger partial charge in [0.25, 0.3) is 0 Å². The van der Waals surface area contributed by atoms with Crippen LogP contribution in [-0.2, 0) is 14.3 Å². The minimum absolute atomic E-state index is 0.0189. The van der Waals surface area contributed by atoms with E-state index in [4.69, 9.17) is 4.74 Å². The zero-order valence-electron chi connectivity index (χ0n) is 19.2. The second-order valence-corrected chi connectivity index (χ2v) is 10.9. The largest absolute Gasteiger partial charge is 0.444 e. The first-order chi connectivity index (χ1) is 15.0. The molecule has 7 nitrogen and oxygen atoms in total. The molecule has 2 saturated carbocycles. The predicted molar refractivity (Wildman–Crippen MR) is 113 cm³/mol. The number of alkyl halides is 2. The fourth-order valence-electron chi connectivity index (χ4n) is 5.55. The molecule has 4 aliphatic rings. The highest BCUT2D eigenvalue weighted by Crippen LogP contribution is 2.49. The summed E-state index contributed by atoms with van der Waals surface area (Å²) < 4.78 is 32.8. The Morgan fingerprint density at radius 2 is 1.62 bits per heavy atom. The Morgan fingerprint density at radius 3 is 2.22 bits per heavy atom. The second kappa shape index (κ2) is 8.78. The molecule has 0 aromatic carbocycles. The zero-order chi connectivity index (χ0) is 23.2. The van der Waals surface area contributed by atoms with E-state index in [1.54, 1.807) is 25.7 Å². The van der Waals surface area contributed by atoms with E-state index in [0.29, 0.717) is 6.42 Å². The topological polar surface area (TPSA) is 79.0 Å². The van der Waals surface area contributed by atoms with Gasteiger partial charge in [-0.15, -0.1) is 0 Å². The highest BCUT2D eigenvalue weighted by molar-refractivity contribution is 5.93. The van der Waals surface area contributed by atoms with Crippen molar-refractivity contribution in [2.75, 3.05) is 13.1 Å². The average molecular weight is 456 g/mol.